The maximum absolute atomic E-state index is 8.27. The molecule has 6 heteroatoms. The molecule has 1 rings (SSSR count). The van der Waals surface area contributed by atoms with Crippen molar-refractivity contribution in [1.29, 1.82) is 5.26 Å². The molecule has 0 fully saturated rings. The van der Waals surface area contributed by atoms with Gasteiger partial charge in [-0.25, -0.2) is 4.68 Å². The molecule has 1 heterocycles. The van der Waals surface area contributed by atoms with Crippen LogP contribution in [-0.2, 0) is 13.1 Å². The number of aromatic nitrogens is 4. The number of nitriles is 1. The molecule has 0 atom stereocenters. The fourth-order valence-electron chi connectivity index (χ4n) is 0.699. The van der Waals surface area contributed by atoms with Gasteiger partial charge in [-0.05, 0) is 10.4 Å². The third-order valence-electron chi connectivity index (χ3n) is 1.22. The van der Waals surface area contributed by atoms with Crippen molar-refractivity contribution in [2.45, 2.75) is 19.5 Å². The quantitative estimate of drug-likeness (QED) is 0.602. The van der Waals surface area contributed by atoms with E-state index in [4.69, 9.17) is 11.0 Å². The first-order valence-corrected chi connectivity index (χ1v) is 3.20. The van der Waals surface area contributed by atoms with Gasteiger partial charge in [0.1, 0.15) is 0 Å². The molecule has 2 N–H and O–H groups in total. The average Bonchev–Trinajstić information content (AvgIpc) is 2.47. The molecule has 1 aromatic rings. The van der Waals surface area contributed by atoms with Gasteiger partial charge < -0.3 is 5.73 Å². The highest BCUT2D eigenvalue weighted by atomic mass is 15.5. The van der Waals surface area contributed by atoms with E-state index in [0.717, 1.165) is 0 Å². The molecule has 0 amide bonds. The summed E-state index contributed by atoms with van der Waals surface area (Å²) in [6.45, 7) is 0.814. The largest absolute Gasteiger partial charge is 0.324 e. The Morgan fingerprint density at radius 2 is 2.45 bits per heavy atom. The van der Waals surface area contributed by atoms with Gasteiger partial charge in [-0.2, -0.15) is 5.26 Å². The second-order valence-corrected chi connectivity index (χ2v) is 1.93. The fourth-order valence-corrected chi connectivity index (χ4v) is 0.699. The van der Waals surface area contributed by atoms with E-state index in [0.29, 0.717) is 25.3 Å². The zero-order valence-corrected chi connectivity index (χ0v) is 5.93. The maximum Gasteiger partial charge on any atom is 0.164 e. The Morgan fingerprint density at radius 3 is 3.09 bits per heavy atom. The number of nitrogens with zero attached hydrogens (tertiary/aromatic N) is 5. The Kier molecular flexibility index (Phi) is 2.52. The Labute approximate surface area is 63.6 Å². The lowest BCUT2D eigenvalue weighted by molar-refractivity contribution is 0.574. The van der Waals surface area contributed by atoms with E-state index in [2.05, 4.69) is 15.5 Å². The number of tetrazole rings is 1. The van der Waals surface area contributed by atoms with Gasteiger partial charge in [-0.1, -0.05) is 0 Å². The van der Waals surface area contributed by atoms with Gasteiger partial charge in [0, 0.05) is 0 Å². The van der Waals surface area contributed by atoms with Crippen LogP contribution < -0.4 is 5.73 Å². The predicted octanol–water partition coefficient (Wildman–Crippen LogP) is -0.955. The Balaban J connectivity index is 2.62. The molecular formula is C5H8N6. The summed E-state index contributed by atoms with van der Waals surface area (Å²) in [5.41, 5.74) is 5.32. The van der Waals surface area contributed by atoms with Crippen LogP contribution in [-0.4, -0.2) is 20.2 Å². The molecule has 0 aliphatic carbocycles. The highest BCUT2D eigenvalue weighted by molar-refractivity contribution is 4.79. The molecule has 0 saturated heterocycles. The van der Waals surface area contributed by atoms with Crippen LogP contribution in [0.5, 0.6) is 0 Å². The van der Waals surface area contributed by atoms with Crippen molar-refractivity contribution in [2.24, 2.45) is 5.73 Å². The van der Waals surface area contributed by atoms with Crippen LogP contribution in [0, 0.1) is 11.3 Å². The molecule has 0 bridgehead atoms. The minimum Gasteiger partial charge on any atom is -0.324 e. The number of hydrogen-bond acceptors (Lipinski definition) is 5. The number of nitrogens with two attached hydrogens (primary N) is 1. The van der Waals surface area contributed by atoms with Crippen molar-refractivity contribution in [3.05, 3.63) is 5.82 Å². The number of rotatable bonds is 3. The normalized spacial score (nSPS) is 9.45. The molecule has 0 aromatic carbocycles. The second kappa shape index (κ2) is 3.63. The van der Waals surface area contributed by atoms with Crippen molar-refractivity contribution in [2.75, 3.05) is 0 Å². The average molecular weight is 152 g/mol. The van der Waals surface area contributed by atoms with Crippen LogP contribution in [0.25, 0.3) is 0 Å². The lowest BCUT2D eigenvalue weighted by atomic mass is 10.4. The summed E-state index contributed by atoms with van der Waals surface area (Å²) in [6, 6.07) is 2.00. The van der Waals surface area contributed by atoms with Crippen molar-refractivity contribution in [3.8, 4) is 6.07 Å². The number of hydrogen-bond donors (Lipinski definition) is 1. The van der Waals surface area contributed by atoms with Gasteiger partial charge in [0.05, 0.1) is 25.6 Å². The highest BCUT2D eigenvalue weighted by Gasteiger charge is 2.01. The fraction of sp³-hybridized carbons (Fsp3) is 0.600. The van der Waals surface area contributed by atoms with Gasteiger partial charge >= 0.3 is 0 Å². The molecule has 58 valence electrons. The first-order chi connectivity index (χ1) is 5.38. The van der Waals surface area contributed by atoms with Crippen LogP contribution in [0.2, 0.25) is 0 Å². The monoisotopic (exact) mass is 152 g/mol. The first kappa shape index (κ1) is 7.63. The summed E-state index contributed by atoms with van der Waals surface area (Å²) in [7, 11) is 0. The van der Waals surface area contributed by atoms with E-state index in [1.54, 1.807) is 0 Å². The van der Waals surface area contributed by atoms with E-state index in [1.807, 2.05) is 6.07 Å². The maximum atomic E-state index is 8.27. The van der Waals surface area contributed by atoms with Crippen molar-refractivity contribution in [1.82, 2.24) is 20.2 Å². The van der Waals surface area contributed by atoms with Crippen LogP contribution in [0.15, 0.2) is 0 Å². The topological polar surface area (TPSA) is 93.4 Å². The van der Waals surface area contributed by atoms with Gasteiger partial charge in [-0.3, -0.25) is 0 Å². The summed E-state index contributed by atoms with van der Waals surface area (Å²) in [6.07, 6.45) is 0.401. The minimum atomic E-state index is 0.304. The molecule has 0 unspecified atom stereocenters. The molecule has 6 nitrogen and oxygen atoms in total. The molecule has 11 heavy (non-hydrogen) atoms. The lowest BCUT2D eigenvalue weighted by Crippen LogP contribution is -2.09. The van der Waals surface area contributed by atoms with Crippen molar-refractivity contribution < 1.29 is 0 Å². The molecule has 0 radical (unpaired) electrons. The zero-order chi connectivity index (χ0) is 8.10. The minimum absolute atomic E-state index is 0.304. The van der Waals surface area contributed by atoms with E-state index >= 15 is 0 Å². The third-order valence-corrected chi connectivity index (χ3v) is 1.22. The summed E-state index contributed by atoms with van der Waals surface area (Å²) in [4.78, 5) is 0. The highest BCUT2D eigenvalue weighted by Crippen LogP contribution is 1.91. The van der Waals surface area contributed by atoms with Crippen LogP contribution in [0.1, 0.15) is 12.2 Å². The second-order valence-electron chi connectivity index (χ2n) is 1.93. The molecular weight excluding hydrogens is 144 g/mol. The van der Waals surface area contributed by atoms with Gasteiger partial charge in [0.25, 0.3) is 0 Å². The van der Waals surface area contributed by atoms with Crippen LogP contribution >= 0.6 is 0 Å². The predicted molar refractivity (Wildman–Crippen MR) is 35.9 cm³/mol. The standard InChI is InChI=1S/C5H8N6/c6-2-1-3-11-5(4-7)8-9-10-11/h1,3-4,7H2. The van der Waals surface area contributed by atoms with Gasteiger partial charge in [-0.15, -0.1) is 5.10 Å². The molecule has 0 spiro atoms. The summed E-state index contributed by atoms with van der Waals surface area (Å²) < 4.78 is 1.53. The Hall–Kier alpha value is -1.48. The zero-order valence-electron chi connectivity index (χ0n) is 5.93. The van der Waals surface area contributed by atoms with Gasteiger partial charge in [0.15, 0.2) is 5.82 Å². The van der Waals surface area contributed by atoms with E-state index in [1.165, 1.54) is 4.68 Å². The van der Waals surface area contributed by atoms with E-state index in [9.17, 15) is 0 Å². The molecule has 0 saturated carbocycles. The van der Waals surface area contributed by atoms with E-state index in [-0.39, 0.29) is 0 Å². The van der Waals surface area contributed by atoms with Crippen LogP contribution in [0.4, 0.5) is 0 Å². The summed E-state index contributed by atoms with van der Waals surface area (Å²) in [5.74, 6) is 0.611. The molecule has 0 aliphatic rings. The van der Waals surface area contributed by atoms with Crippen LogP contribution in [0.3, 0.4) is 0 Å². The third kappa shape index (κ3) is 1.72. The van der Waals surface area contributed by atoms with Crippen molar-refractivity contribution in [3.63, 3.8) is 0 Å². The number of aryl methyl sites for hydroxylation is 1. The first-order valence-electron chi connectivity index (χ1n) is 3.20. The Morgan fingerprint density at radius 1 is 1.64 bits per heavy atom. The molecule has 1 aromatic heterocycles. The van der Waals surface area contributed by atoms with E-state index < -0.39 is 0 Å². The van der Waals surface area contributed by atoms with Gasteiger partial charge in [0.2, 0.25) is 0 Å². The smallest absolute Gasteiger partial charge is 0.164 e. The van der Waals surface area contributed by atoms with Crippen molar-refractivity contribution >= 4 is 0 Å². The lowest BCUT2D eigenvalue weighted by Gasteiger charge is -1.96. The summed E-state index contributed by atoms with van der Waals surface area (Å²) in [5, 5.41) is 19.0. The summed E-state index contributed by atoms with van der Waals surface area (Å²) >= 11 is 0. The SMILES string of the molecule is N#CCCn1nnnc1CN. The molecule has 0 aliphatic heterocycles. The Bertz CT molecular complexity index is 258.